The first-order valence-electron chi connectivity index (χ1n) is 8.37. The number of aryl methyl sites for hydroxylation is 3. The van der Waals surface area contributed by atoms with E-state index in [9.17, 15) is 4.79 Å². The van der Waals surface area contributed by atoms with E-state index in [0.717, 1.165) is 32.2 Å². The van der Waals surface area contributed by atoms with Crippen LogP contribution in [0.25, 0.3) is 0 Å². The third-order valence-corrected chi connectivity index (χ3v) is 4.18. The van der Waals surface area contributed by atoms with Gasteiger partial charge in [-0.1, -0.05) is 24.3 Å². The summed E-state index contributed by atoms with van der Waals surface area (Å²) in [5, 5.41) is 3.02. The van der Waals surface area contributed by atoms with Gasteiger partial charge in [-0.2, -0.15) is 0 Å². The number of carbonyl (C=O) groups excluding carboxylic acids is 1. The van der Waals surface area contributed by atoms with Crippen molar-refractivity contribution in [3.8, 4) is 0 Å². The molecule has 1 N–H and O–H groups in total. The molecule has 0 unspecified atom stereocenters. The number of pyridine rings is 1. The monoisotopic (exact) mass is 310 g/mol. The van der Waals surface area contributed by atoms with Crippen molar-refractivity contribution in [2.75, 3.05) is 6.54 Å². The first-order valence-corrected chi connectivity index (χ1v) is 8.37. The number of amides is 1. The second-order valence-corrected chi connectivity index (χ2v) is 6.04. The molecule has 0 radical (unpaired) electrons. The number of hydrogen-bond acceptors (Lipinski definition) is 2. The molecule has 0 atom stereocenters. The Morgan fingerprint density at radius 1 is 1.04 bits per heavy atom. The first-order chi connectivity index (χ1) is 11.2. The number of rotatable bonds is 8. The number of unbranched alkanes of at least 4 members (excludes halogenated alkanes) is 1. The fraction of sp³-hybridized carbons (Fsp3) is 0.400. The molecule has 0 saturated carbocycles. The van der Waals surface area contributed by atoms with Crippen molar-refractivity contribution in [3.63, 3.8) is 0 Å². The summed E-state index contributed by atoms with van der Waals surface area (Å²) < 4.78 is 0. The molecule has 3 heteroatoms. The molecule has 1 aromatic carbocycles. The summed E-state index contributed by atoms with van der Waals surface area (Å²) >= 11 is 0. The highest BCUT2D eigenvalue weighted by molar-refractivity contribution is 5.76. The molecule has 0 bridgehead atoms. The third-order valence-electron chi connectivity index (χ3n) is 4.18. The average molecular weight is 310 g/mol. The molecule has 23 heavy (non-hydrogen) atoms. The van der Waals surface area contributed by atoms with Gasteiger partial charge in [0.05, 0.1) is 0 Å². The molecule has 1 aromatic heterocycles. The van der Waals surface area contributed by atoms with Crippen molar-refractivity contribution < 1.29 is 4.79 Å². The molecule has 0 aliphatic carbocycles. The minimum absolute atomic E-state index is 0.147. The zero-order chi connectivity index (χ0) is 16.5. The van der Waals surface area contributed by atoms with Crippen LogP contribution in [-0.4, -0.2) is 17.4 Å². The van der Waals surface area contributed by atoms with Crippen molar-refractivity contribution in [3.05, 3.63) is 65.0 Å². The van der Waals surface area contributed by atoms with Gasteiger partial charge in [-0.25, -0.2) is 0 Å². The van der Waals surface area contributed by atoms with Crippen LogP contribution in [-0.2, 0) is 17.6 Å². The fourth-order valence-corrected chi connectivity index (χ4v) is 2.80. The van der Waals surface area contributed by atoms with E-state index in [1.807, 2.05) is 12.3 Å². The van der Waals surface area contributed by atoms with E-state index in [4.69, 9.17) is 0 Å². The van der Waals surface area contributed by atoms with E-state index in [-0.39, 0.29) is 5.91 Å². The highest BCUT2D eigenvalue weighted by Crippen LogP contribution is 2.15. The number of nitrogens with zero attached hydrogens (tertiary/aromatic N) is 1. The molecule has 122 valence electrons. The van der Waals surface area contributed by atoms with E-state index in [2.05, 4.69) is 48.4 Å². The lowest BCUT2D eigenvalue weighted by Gasteiger charge is -2.10. The van der Waals surface area contributed by atoms with Gasteiger partial charge < -0.3 is 5.32 Å². The zero-order valence-corrected chi connectivity index (χ0v) is 14.1. The lowest BCUT2D eigenvalue weighted by atomic mass is 9.98. The second kappa shape index (κ2) is 9.09. The second-order valence-electron chi connectivity index (χ2n) is 6.04. The zero-order valence-electron chi connectivity index (χ0n) is 14.1. The lowest BCUT2D eigenvalue weighted by Crippen LogP contribution is -2.24. The van der Waals surface area contributed by atoms with Crippen LogP contribution in [0.5, 0.6) is 0 Å². The van der Waals surface area contributed by atoms with Crippen LogP contribution in [0, 0.1) is 13.8 Å². The molecule has 2 rings (SSSR count). The fourth-order valence-electron chi connectivity index (χ4n) is 2.80. The summed E-state index contributed by atoms with van der Waals surface area (Å²) in [6.45, 7) is 4.98. The number of benzene rings is 1. The Morgan fingerprint density at radius 2 is 1.83 bits per heavy atom. The van der Waals surface area contributed by atoms with E-state index >= 15 is 0 Å². The summed E-state index contributed by atoms with van der Waals surface area (Å²) in [5.74, 6) is 0.147. The Kier molecular flexibility index (Phi) is 6.79. The largest absolute Gasteiger partial charge is 0.356 e. The van der Waals surface area contributed by atoms with Crippen molar-refractivity contribution >= 4 is 5.91 Å². The average Bonchev–Trinajstić information content (AvgIpc) is 2.55. The molecule has 0 aliphatic rings. The standard InChI is InChI=1S/C20H26N2O/c1-16-7-5-8-17(2)19(16)11-12-20(23)22-14-4-3-9-18-10-6-13-21-15-18/h5-8,10,13,15H,3-4,9,11-12,14H2,1-2H3,(H,22,23). The summed E-state index contributed by atoms with van der Waals surface area (Å²) in [6, 6.07) is 10.3. The maximum atomic E-state index is 12.0. The molecule has 0 aliphatic heterocycles. The maximum Gasteiger partial charge on any atom is 0.220 e. The molecule has 0 spiro atoms. The van der Waals surface area contributed by atoms with Crippen LogP contribution >= 0.6 is 0 Å². The van der Waals surface area contributed by atoms with Gasteiger partial charge in [0.2, 0.25) is 5.91 Å². The van der Waals surface area contributed by atoms with E-state index in [1.54, 1.807) is 6.20 Å². The van der Waals surface area contributed by atoms with Crippen LogP contribution in [0.4, 0.5) is 0 Å². The maximum absolute atomic E-state index is 12.0. The number of hydrogen-bond donors (Lipinski definition) is 1. The van der Waals surface area contributed by atoms with Gasteiger partial charge >= 0.3 is 0 Å². The van der Waals surface area contributed by atoms with E-state index in [0.29, 0.717) is 6.42 Å². The Morgan fingerprint density at radius 3 is 2.52 bits per heavy atom. The normalized spacial score (nSPS) is 10.5. The molecular weight excluding hydrogens is 284 g/mol. The third kappa shape index (κ3) is 5.85. The predicted octanol–water partition coefficient (Wildman–Crippen LogP) is 3.77. The van der Waals surface area contributed by atoms with Crippen LogP contribution in [0.3, 0.4) is 0 Å². The SMILES string of the molecule is Cc1cccc(C)c1CCC(=O)NCCCCc1cccnc1. The summed E-state index contributed by atoms with van der Waals surface area (Å²) in [7, 11) is 0. The van der Waals surface area contributed by atoms with Gasteiger partial charge in [0.25, 0.3) is 0 Å². The first kappa shape index (κ1) is 17.2. The molecule has 2 aromatic rings. The van der Waals surface area contributed by atoms with Crippen molar-refractivity contribution in [2.24, 2.45) is 0 Å². The van der Waals surface area contributed by atoms with Crippen LogP contribution in [0.1, 0.15) is 41.5 Å². The van der Waals surface area contributed by atoms with Crippen LogP contribution < -0.4 is 5.32 Å². The van der Waals surface area contributed by atoms with Crippen LogP contribution in [0.2, 0.25) is 0 Å². The Balaban J connectivity index is 1.62. The van der Waals surface area contributed by atoms with Crippen molar-refractivity contribution in [1.82, 2.24) is 10.3 Å². The van der Waals surface area contributed by atoms with Crippen molar-refractivity contribution in [2.45, 2.75) is 46.0 Å². The minimum Gasteiger partial charge on any atom is -0.356 e. The molecule has 0 fully saturated rings. The van der Waals surface area contributed by atoms with Gasteiger partial charge in [0.1, 0.15) is 0 Å². The summed E-state index contributed by atoms with van der Waals surface area (Å²) in [4.78, 5) is 16.1. The molecule has 3 nitrogen and oxygen atoms in total. The Bertz CT molecular complexity index is 603. The van der Waals surface area contributed by atoms with Crippen molar-refractivity contribution in [1.29, 1.82) is 0 Å². The van der Waals surface area contributed by atoms with E-state index < -0.39 is 0 Å². The van der Waals surface area contributed by atoms with Gasteiger partial charge in [-0.05, 0) is 67.9 Å². The van der Waals surface area contributed by atoms with Gasteiger partial charge in [-0.15, -0.1) is 0 Å². The van der Waals surface area contributed by atoms with Gasteiger partial charge in [-0.3, -0.25) is 9.78 Å². The van der Waals surface area contributed by atoms with E-state index in [1.165, 1.54) is 22.3 Å². The number of aromatic nitrogens is 1. The molecule has 1 amide bonds. The minimum atomic E-state index is 0.147. The summed E-state index contributed by atoms with van der Waals surface area (Å²) in [5.41, 5.74) is 5.11. The van der Waals surface area contributed by atoms with Gasteiger partial charge in [0, 0.05) is 25.4 Å². The quantitative estimate of drug-likeness (QED) is 0.754. The van der Waals surface area contributed by atoms with Gasteiger partial charge in [0.15, 0.2) is 0 Å². The molecule has 1 heterocycles. The smallest absolute Gasteiger partial charge is 0.220 e. The van der Waals surface area contributed by atoms with Crippen LogP contribution in [0.15, 0.2) is 42.7 Å². The highest BCUT2D eigenvalue weighted by atomic mass is 16.1. The Labute approximate surface area is 139 Å². The number of carbonyl (C=O) groups is 1. The topological polar surface area (TPSA) is 42.0 Å². The Hall–Kier alpha value is -2.16. The highest BCUT2D eigenvalue weighted by Gasteiger charge is 2.06. The molecule has 0 saturated heterocycles. The number of nitrogens with one attached hydrogen (secondary N) is 1. The molecular formula is C20H26N2O. The summed E-state index contributed by atoms with van der Waals surface area (Å²) in [6.07, 6.45) is 8.18. The predicted molar refractivity (Wildman–Crippen MR) is 94.4 cm³/mol. The lowest BCUT2D eigenvalue weighted by molar-refractivity contribution is -0.121.